The lowest BCUT2D eigenvalue weighted by molar-refractivity contribution is -0.887. The van der Waals surface area contributed by atoms with Gasteiger partial charge in [-0.3, -0.25) is 0 Å². The van der Waals surface area contributed by atoms with Crippen LogP contribution in [0.4, 0.5) is 0 Å². The van der Waals surface area contributed by atoms with E-state index in [0.717, 1.165) is 25.7 Å². The molecule has 0 bridgehead atoms. The van der Waals surface area contributed by atoms with Crippen LogP contribution in [0.5, 0.6) is 0 Å². The average molecular weight is 451 g/mol. The van der Waals surface area contributed by atoms with Crippen molar-refractivity contribution >= 4 is 5.97 Å². The van der Waals surface area contributed by atoms with Gasteiger partial charge in [-0.1, -0.05) is 90.9 Å². The molecule has 4 heteroatoms. The molecule has 0 spiro atoms. The fourth-order valence-corrected chi connectivity index (χ4v) is 3.41. The van der Waals surface area contributed by atoms with Crippen LogP contribution in [0, 0.1) is 0 Å². The van der Waals surface area contributed by atoms with E-state index >= 15 is 0 Å². The molecule has 0 saturated carbocycles. The Kier molecular flexibility index (Phi) is 20.7. The number of quaternary nitrogens is 1. The zero-order chi connectivity index (χ0) is 19.7. The quantitative estimate of drug-likeness (QED) is 0.182. The van der Waals surface area contributed by atoms with Crippen LogP contribution in [0.15, 0.2) is 0 Å². The highest BCUT2D eigenvalue weighted by Gasteiger charge is 2.32. The van der Waals surface area contributed by atoms with Gasteiger partial charge < -0.3 is 26.2 Å². The molecule has 164 valence electrons. The van der Waals surface area contributed by atoms with Crippen molar-refractivity contribution < 1.29 is 31.0 Å². The first kappa shape index (κ1) is 29.1. The smallest absolute Gasteiger partial charge is 0.364 e. The van der Waals surface area contributed by atoms with E-state index in [2.05, 4.69) is 35.0 Å². The molecule has 0 aromatic rings. The molecule has 1 unspecified atom stereocenters. The third kappa shape index (κ3) is 17.7. The van der Waals surface area contributed by atoms with Crippen LogP contribution < -0.4 is 17.0 Å². The van der Waals surface area contributed by atoms with E-state index in [9.17, 15) is 4.79 Å². The number of likely N-dealkylation sites (N-methyl/N-ethyl adjacent to an activating group) is 1. The lowest BCUT2D eigenvalue weighted by Crippen LogP contribution is -3.00. The summed E-state index contributed by atoms with van der Waals surface area (Å²) in [6, 6.07) is -0.0185. The van der Waals surface area contributed by atoms with Crippen molar-refractivity contribution in [2.24, 2.45) is 0 Å². The molecule has 0 fully saturated rings. The van der Waals surface area contributed by atoms with E-state index in [1.807, 2.05) is 0 Å². The summed E-state index contributed by atoms with van der Waals surface area (Å²) in [6.45, 7) is 4.97. The van der Waals surface area contributed by atoms with E-state index < -0.39 is 0 Å². The number of hydrogen-bond acceptors (Lipinski definition) is 2. The summed E-state index contributed by atoms with van der Waals surface area (Å²) in [4.78, 5) is 12.4. The summed E-state index contributed by atoms with van der Waals surface area (Å²) in [6.07, 6.45) is 19.2. The fourth-order valence-electron chi connectivity index (χ4n) is 3.41. The van der Waals surface area contributed by atoms with Crippen LogP contribution in [0.25, 0.3) is 0 Å². The number of rotatable bonds is 18. The van der Waals surface area contributed by atoms with Crippen LogP contribution in [0.2, 0.25) is 0 Å². The first-order valence-corrected chi connectivity index (χ1v) is 11.4. The standard InChI is InChI=1S/C23H48NO2.BrH/c1-6-8-10-11-12-13-14-15-16-17-18-19-20-22(24(3,4)5)23(25)26-21-9-7-2;/h22H,6-21H2,1-5H3;1H/q+1;/p-1. The number of halogens is 1. The maximum atomic E-state index is 12.4. The molecule has 0 aromatic heterocycles. The molecular weight excluding hydrogens is 402 g/mol. The van der Waals surface area contributed by atoms with Crippen LogP contribution >= 0.6 is 0 Å². The van der Waals surface area contributed by atoms with Crippen LogP contribution in [0.1, 0.15) is 110 Å². The maximum Gasteiger partial charge on any atom is 0.364 e. The highest BCUT2D eigenvalue weighted by Crippen LogP contribution is 2.17. The van der Waals surface area contributed by atoms with Crippen LogP contribution in [0.3, 0.4) is 0 Å². The molecule has 0 radical (unpaired) electrons. The Hall–Kier alpha value is -0.0900. The van der Waals surface area contributed by atoms with E-state index in [1.54, 1.807) is 0 Å². The van der Waals surface area contributed by atoms with Gasteiger partial charge in [0.2, 0.25) is 0 Å². The minimum atomic E-state index is -0.0185. The largest absolute Gasteiger partial charge is 1.00 e. The topological polar surface area (TPSA) is 26.3 Å². The molecule has 0 amide bonds. The van der Waals surface area contributed by atoms with Crippen molar-refractivity contribution in [3.63, 3.8) is 0 Å². The number of ether oxygens (including phenoxy) is 1. The normalized spacial score (nSPS) is 12.5. The van der Waals surface area contributed by atoms with Crippen molar-refractivity contribution in [2.75, 3.05) is 27.7 Å². The minimum absolute atomic E-state index is 0. The van der Waals surface area contributed by atoms with Crippen molar-refractivity contribution in [3.8, 4) is 0 Å². The molecule has 0 aromatic carbocycles. The predicted octanol–water partition coefficient (Wildman–Crippen LogP) is 3.50. The van der Waals surface area contributed by atoms with Crippen molar-refractivity contribution in [3.05, 3.63) is 0 Å². The number of hydrogen-bond donors (Lipinski definition) is 0. The first-order chi connectivity index (χ1) is 12.4. The maximum absolute atomic E-state index is 12.4. The van der Waals surface area contributed by atoms with Gasteiger partial charge in [-0.15, -0.1) is 0 Å². The van der Waals surface area contributed by atoms with E-state index in [0.29, 0.717) is 11.1 Å². The first-order valence-electron chi connectivity index (χ1n) is 11.4. The molecule has 1 atom stereocenters. The highest BCUT2D eigenvalue weighted by molar-refractivity contribution is 5.74. The van der Waals surface area contributed by atoms with Crippen molar-refractivity contribution in [1.29, 1.82) is 0 Å². The number of carbonyl (C=O) groups excluding carboxylic acids is 1. The second kappa shape index (κ2) is 19.2. The average Bonchev–Trinajstić information content (AvgIpc) is 2.58. The molecule has 0 aliphatic rings. The fraction of sp³-hybridized carbons (Fsp3) is 0.957. The van der Waals surface area contributed by atoms with Gasteiger partial charge in [0.15, 0.2) is 6.04 Å². The van der Waals surface area contributed by atoms with Gasteiger partial charge in [-0.05, 0) is 12.8 Å². The molecule has 0 aliphatic heterocycles. The Morgan fingerprint density at radius 3 is 1.52 bits per heavy atom. The Bertz CT molecular complexity index is 329. The van der Waals surface area contributed by atoms with Crippen molar-refractivity contribution in [2.45, 2.75) is 116 Å². The van der Waals surface area contributed by atoms with Gasteiger partial charge in [0.05, 0.1) is 27.7 Å². The molecule has 0 aliphatic carbocycles. The number of unbranched alkanes of at least 4 members (excludes halogenated alkanes) is 12. The Morgan fingerprint density at radius 1 is 0.704 bits per heavy atom. The van der Waals surface area contributed by atoms with E-state index in [-0.39, 0.29) is 29.0 Å². The monoisotopic (exact) mass is 449 g/mol. The van der Waals surface area contributed by atoms with Gasteiger partial charge in [0, 0.05) is 6.42 Å². The van der Waals surface area contributed by atoms with E-state index in [1.165, 1.54) is 70.6 Å². The van der Waals surface area contributed by atoms with Gasteiger partial charge in [-0.25, -0.2) is 4.79 Å². The summed E-state index contributed by atoms with van der Waals surface area (Å²) in [5.41, 5.74) is 0. The molecule has 0 heterocycles. The SMILES string of the molecule is CCCCCCCCCCCCCCC(C(=O)OCCCC)[N+](C)(C)C.[Br-]. The summed E-state index contributed by atoms with van der Waals surface area (Å²) in [5, 5.41) is 0. The van der Waals surface area contributed by atoms with Gasteiger partial charge >= 0.3 is 5.97 Å². The van der Waals surface area contributed by atoms with E-state index in [4.69, 9.17) is 4.74 Å². The lowest BCUT2D eigenvalue weighted by atomic mass is 10.0. The lowest BCUT2D eigenvalue weighted by Gasteiger charge is -2.32. The third-order valence-corrected chi connectivity index (χ3v) is 5.28. The number of esters is 1. The Labute approximate surface area is 181 Å². The summed E-state index contributed by atoms with van der Waals surface area (Å²) in [5.74, 6) is -0.00553. The van der Waals surface area contributed by atoms with Crippen molar-refractivity contribution in [1.82, 2.24) is 0 Å². The number of carbonyl (C=O) groups is 1. The zero-order valence-electron chi connectivity index (χ0n) is 19.0. The van der Waals surface area contributed by atoms with Gasteiger partial charge in [-0.2, -0.15) is 0 Å². The molecule has 0 saturated heterocycles. The molecule has 0 N–H and O–H groups in total. The summed E-state index contributed by atoms with van der Waals surface area (Å²) < 4.78 is 6.14. The summed E-state index contributed by atoms with van der Waals surface area (Å²) in [7, 11) is 6.31. The third-order valence-electron chi connectivity index (χ3n) is 5.28. The highest BCUT2D eigenvalue weighted by atomic mass is 79.9. The second-order valence-electron chi connectivity index (χ2n) is 8.83. The van der Waals surface area contributed by atoms with Gasteiger partial charge in [0.25, 0.3) is 0 Å². The molecule has 27 heavy (non-hydrogen) atoms. The van der Waals surface area contributed by atoms with Crippen LogP contribution in [-0.4, -0.2) is 44.2 Å². The predicted molar refractivity (Wildman–Crippen MR) is 113 cm³/mol. The van der Waals surface area contributed by atoms with Gasteiger partial charge in [0.1, 0.15) is 0 Å². The second-order valence-corrected chi connectivity index (χ2v) is 8.83. The Morgan fingerprint density at radius 2 is 1.11 bits per heavy atom. The molecule has 0 rings (SSSR count). The summed E-state index contributed by atoms with van der Waals surface area (Å²) >= 11 is 0. The minimum Gasteiger partial charge on any atom is -1.00 e. The zero-order valence-corrected chi connectivity index (χ0v) is 20.6. The van der Waals surface area contributed by atoms with Crippen LogP contribution in [-0.2, 0) is 9.53 Å². The molecular formula is C23H48BrNO2. The Balaban J connectivity index is 0. The molecule has 3 nitrogen and oxygen atoms in total. The number of nitrogens with zero attached hydrogens (tertiary/aromatic N) is 1.